The molecule has 0 atom stereocenters. The number of hydrogen-bond acceptors (Lipinski definition) is 3. The second kappa shape index (κ2) is 6.08. The van der Waals surface area contributed by atoms with Gasteiger partial charge in [-0.25, -0.2) is 8.78 Å². The molecule has 0 fully saturated rings. The predicted octanol–water partition coefficient (Wildman–Crippen LogP) is 3.66. The van der Waals surface area contributed by atoms with Crippen molar-refractivity contribution in [2.75, 3.05) is 0 Å². The zero-order chi connectivity index (χ0) is 16.4. The normalized spacial score (nSPS) is 10.7. The molecular formula is C17H14F2N4. The highest BCUT2D eigenvalue weighted by Crippen LogP contribution is 2.19. The summed E-state index contributed by atoms with van der Waals surface area (Å²) in [6.07, 6.45) is 1.11. The second-order valence-corrected chi connectivity index (χ2v) is 5.15. The van der Waals surface area contributed by atoms with E-state index in [2.05, 4.69) is 10.1 Å². The minimum absolute atomic E-state index is 0.208. The maximum atomic E-state index is 13.8. The van der Waals surface area contributed by atoms with Gasteiger partial charge in [-0.05, 0) is 31.2 Å². The van der Waals surface area contributed by atoms with E-state index < -0.39 is 5.82 Å². The van der Waals surface area contributed by atoms with Crippen LogP contribution < -0.4 is 0 Å². The van der Waals surface area contributed by atoms with E-state index in [1.165, 1.54) is 18.2 Å². The summed E-state index contributed by atoms with van der Waals surface area (Å²) in [6, 6.07) is 11.0. The summed E-state index contributed by atoms with van der Waals surface area (Å²) in [6.45, 7) is 1.84. The first-order valence-corrected chi connectivity index (χ1v) is 7.03. The Labute approximate surface area is 131 Å². The number of aromatic nitrogens is 3. The zero-order valence-corrected chi connectivity index (χ0v) is 12.4. The first-order chi connectivity index (χ1) is 11.0. The molecule has 1 aromatic carbocycles. The van der Waals surface area contributed by atoms with Crippen LogP contribution in [0.5, 0.6) is 0 Å². The molecule has 0 radical (unpaired) electrons. The zero-order valence-electron chi connectivity index (χ0n) is 12.4. The fourth-order valence-electron chi connectivity index (χ4n) is 2.28. The lowest BCUT2D eigenvalue weighted by atomic mass is 10.2. The third kappa shape index (κ3) is 3.15. The minimum atomic E-state index is -0.428. The van der Waals surface area contributed by atoms with E-state index in [0.29, 0.717) is 28.4 Å². The molecule has 0 aliphatic rings. The van der Waals surface area contributed by atoms with Crippen molar-refractivity contribution in [1.82, 2.24) is 14.8 Å². The summed E-state index contributed by atoms with van der Waals surface area (Å²) in [7, 11) is 0. The summed E-state index contributed by atoms with van der Waals surface area (Å²) in [5.41, 5.74) is 2.37. The SMILES string of the molecule is CC(=N)c1cc(-c2ccc(F)cn2)nn1Cc1ccccc1F. The Morgan fingerprint density at radius 3 is 2.57 bits per heavy atom. The summed E-state index contributed by atoms with van der Waals surface area (Å²) in [5.74, 6) is -0.749. The molecule has 3 rings (SSSR count). The number of benzene rings is 1. The lowest BCUT2D eigenvalue weighted by Crippen LogP contribution is -2.10. The molecule has 0 spiro atoms. The molecule has 23 heavy (non-hydrogen) atoms. The van der Waals surface area contributed by atoms with E-state index in [1.807, 2.05) is 0 Å². The van der Waals surface area contributed by atoms with Crippen molar-refractivity contribution in [2.45, 2.75) is 13.5 Å². The van der Waals surface area contributed by atoms with Crippen molar-refractivity contribution in [2.24, 2.45) is 0 Å². The van der Waals surface area contributed by atoms with Gasteiger partial charge in [-0.15, -0.1) is 0 Å². The van der Waals surface area contributed by atoms with E-state index in [9.17, 15) is 8.78 Å². The average Bonchev–Trinajstić information content (AvgIpc) is 2.94. The molecule has 3 aromatic rings. The van der Waals surface area contributed by atoms with E-state index >= 15 is 0 Å². The topological polar surface area (TPSA) is 54.6 Å². The largest absolute Gasteiger partial charge is 0.303 e. The van der Waals surface area contributed by atoms with Gasteiger partial charge in [0.25, 0.3) is 0 Å². The number of nitrogens with one attached hydrogen (secondary N) is 1. The monoisotopic (exact) mass is 312 g/mol. The van der Waals surface area contributed by atoms with Crippen molar-refractivity contribution in [1.29, 1.82) is 5.41 Å². The summed E-state index contributed by atoms with van der Waals surface area (Å²) in [4.78, 5) is 3.99. The molecule has 0 unspecified atom stereocenters. The molecule has 116 valence electrons. The highest BCUT2D eigenvalue weighted by atomic mass is 19.1. The van der Waals surface area contributed by atoms with Gasteiger partial charge in [0.05, 0.1) is 29.8 Å². The Bertz CT molecular complexity index is 853. The number of halogens is 2. The predicted molar refractivity (Wildman–Crippen MR) is 83.4 cm³/mol. The number of pyridine rings is 1. The van der Waals surface area contributed by atoms with E-state index in [0.717, 1.165) is 6.20 Å². The standard InChI is InChI=1S/C17H14F2N4/c1-11(20)17-8-16(15-7-6-13(18)9-21-15)22-23(17)10-12-4-2-3-5-14(12)19/h2-9,20H,10H2,1H3. The maximum absolute atomic E-state index is 13.8. The Morgan fingerprint density at radius 2 is 1.91 bits per heavy atom. The van der Waals surface area contributed by atoms with Gasteiger partial charge in [0.15, 0.2) is 0 Å². The highest BCUT2D eigenvalue weighted by Gasteiger charge is 2.14. The van der Waals surface area contributed by atoms with Crippen LogP contribution in [0.4, 0.5) is 8.78 Å². The van der Waals surface area contributed by atoms with Gasteiger partial charge in [0.1, 0.15) is 17.3 Å². The highest BCUT2D eigenvalue weighted by molar-refractivity contribution is 5.95. The van der Waals surface area contributed by atoms with Gasteiger partial charge in [0, 0.05) is 5.56 Å². The van der Waals surface area contributed by atoms with Crippen molar-refractivity contribution in [3.63, 3.8) is 0 Å². The smallest absolute Gasteiger partial charge is 0.141 e. The second-order valence-electron chi connectivity index (χ2n) is 5.15. The molecule has 1 N–H and O–H groups in total. The molecule has 6 heteroatoms. The summed E-state index contributed by atoms with van der Waals surface area (Å²) < 4.78 is 28.4. The lowest BCUT2D eigenvalue weighted by Gasteiger charge is -2.07. The van der Waals surface area contributed by atoms with Crippen LogP contribution in [0, 0.1) is 17.0 Å². The van der Waals surface area contributed by atoms with Crippen LogP contribution >= 0.6 is 0 Å². The molecular weight excluding hydrogens is 298 g/mol. The van der Waals surface area contributed by atoms with Gasteiger partial charge >= 0.3 is 0 Å². The Kier molecular flexibility index (Phi) is 3.97. The molecule has 0 aliphatic heterocycles. The Morgan fingerprint density at radius 1 is 1.13 bits per heavy atom. The Hall–Kier alpha value is -2.89. The van der Waals surface area contributed by atoms with Crippen molar-refractivity contribution in [3.8, 4) is 11.4 Å². The molecule has 0 saturated heterocycles. The van der Waals surface area contributed by atoms with Crippen LogP contribution in [0.3, 0.4) is 0 Å². The average molecular weight is 312 g/mol. The van der Waals surface area contributed by atoms with Gasteiger partial charge in [0.2, 0.25) is 0 Å². The van der Waals surface area contributed by atoms with Crippen LogP contribution in [0.1, 0.15) is 18.2 Å². The molecule has 0 saturated carbocycles. The summed E-state index contributed by atoms with van der Waals surface area (Å²) >= 11 is 0. The summed E-state index contributed by atoms with van der Waals surface area (Å²) in [5, 5.41) is 12.3. The van der Waals surface area contributed by atoms with Crippen LogP contribution in [-0.2, 0) is 6.54 Å². The van der Waals surface area contributed by atoms with E-state index in [-0.39, 0.29) is 12.4 Å². The number of rotatable bonds is 4. The third-order valence-electron chi connectivity index (χ3n) is 3.43. The minimum Gasteiger partial charge on any atom is -0.303 e. The van der Waals surface area contributed by atoms with Crippen LogP contribution in [0.2, 0.25) is 0 Å². The first kappa shape index (κ1) is 15.0. The number of nitrogens with zero attached hydrogens (tertiary/aromatic N) is 3. The van der Waals surface area contributed by atoms with E-state index in [4.69, 9.17) is 5.41 Å². The van der Waals surface area contributed by atoms with Gasteiger partial charge < -0.3 is 5.41 Å². The molecule has 0 amide bonds. The lowest BCUT2D eigenvalue weighted by molar-refractivity contribution is 0.584. The van der Waals surface area contributed by atoms with Crippen LogP contribution in [0.15, 0.2) is 48.7 Å². The molecule has 0 aliphatic carbocycles. The van der Waals surface area contributed by atoms with Gasteiger partial charge in [-0.1, -0.05) is 18.2 Å². The van der Waals surface area contributed by atoms with Crippen LogP contribution in [-0.4, -0.2) is 20.5 Å². The Balaban J connectivity index is 2.01. The third-order valence-corrected chi connectivity index (χ3v) is 3.43. The van der Waals surface area contributed by atoms with Gasteiger partial charge in [-0.3, -0.25) is 9.67 Å². The molecule has 2 aromatic heterocycles. The maximum Gasteiger partial charge on any atom is 0.141 e. The molecule has 4 nitrogen and oxygen atoms in total. The molecule has 2 heterocycles. The molecule has 0 bridgehead atoms. The van der Waals surface area contributed by atoms with Crippen molar-refractivity contribution < 1.29 is 8.78 Å². The fraction of sp³-hybridized carbons (Fsp3) is 0.118. The quantitative estimate of drug-likeness (QED) is 0.747. The van der Waals surface area contributed by atoms with Gasteiger partial charge in [-0.2, -0.15) is 5.10 Å². The fourth-order valence-corrected chi connectivity index (χ4v) is 2.28. The van der Waals surface area contributed by atoms with Crippen molar-refractivity contribution in [3.05, 3.63) is 71.6 Å². The van der Waals surface area contributed by atoms with E-state index in [1.54, 1.807) is 35.9 Å². The number of hydrogen-bond donors (Lipinski definition) is 1. The van der Waals surface area contributed by atoms with Crippen LogP contribution in [0.25, 0.3) is 11.4 Å². The first-order valence-electron chi connectivity index (χ1n) is 7.03. The van der Waals surface area contributed by atoms with Crippen molar-refractivity contribution >= 4 is 5.71 Å².